The summed E-state index contributed by atoms with van der Waals surface area (Å²) in [5, 5.41) is 10.1. The zero-order valence-electron chi connectivity index (χ0n) is 18.7. The summed E-state index contributed by atoms with van der Waals surface area (Å²) in [6, 6.07) is 12.0. The maximum absolute atomic E-state index is 6.39. The average Bonchev–Trinajstić information content (AvgIpc) is 3.60. The van der Waals surface area contributed by atoms with Crippen LogP contribution in [-0.2, 0) is 17.6 Å². The molecule has 1 atom stereocenters. The first-order valence-corrected chi connectivity index (χ1v) is 12.5. The van der Waals surface area contributed by atoms with Crippen LogP contribution >= 0.6 is 11.6 Å². The summed E-state index contributed by atoms with van der Waals surface area (Å²) < 4.78 is 14.7. The molecule has 6 rings (SSSR count). The Morgan fingerprint density at radius 1 is 0.939 bits per heavy atom. The Morgan fingerprint density at radius 3 is 2.61 bits per heavy atom. The summed E-state index contributed by atoms with van der Waals surface area (Å²) in [6.07, 6.45) is 10.4. The van der Waals surface area contributed by atoms with Gasteiger partial charge in [-0.05, 0) is 74.3 Å². The molecule has 2 aromatic heterocycles. The third kappa shape index (κ3) is 4.64. The summed E-state index contributed by atoms with van der Waals surface area (Å²) in [5.41, 5.74) is 2.37. The van der Waals surface area contributed by atoms with Crippen LogP contribution in [-0.4, -0.2) is 38.6 Å². The first kappa shape index (κ1) is 21.1. The van der Waals surface area contributed by atoms with Gasteiger partial charge in [0, 0.05) is 42.7 Å². The van der Waals surface area contributed by atoms with Gasteiger partial charge in [0.25, 0.3) is 0 Å². The van der Waals surface area contributed by atoms with E-state index in [1.807, 2.05) is 24.3 Å². The lowest BCUT2D eigenvalue weighted by molar-refractivity contribution is 0.0461. The molecule has 0 saturated heterocycles. The van der Waals surface area contributed by atoms with Crippen LogP contribution in [0.2, 0.25) is 5.02 Å². The van der Waals surface area contributed by atoms with Gasteiger partial charge in [-0.1, -0.05) is 17.7 Å². The van der Waals surface area contributed by atoms with Crippen molar-refractivity contribution in [2.75, 3.05) is 6.61 Å². The van der Waals surface area contributed by atoms with Crippen molar-refractivity contribution in [2.24, 2.45) is 5.92 Å². The number of benzene rings is 1. The molecule has 0 amide bonds. The fourth-order valence-electron chi connectivity index (χ4n) is 5.15. The quantitative estimate of drug-likeness (QED) is 0.494. The molecule has 3 aromatic rings. The van der Waals surface area contributed by atoms with E-state index in [0.29, 0.717) is 11.8 Å². The molecular formula is C26H29ClN4O2. The van der Waals surface area contributed by atoms with Crippen LogP contribution in [0.15, 0.2) is 42.6 Å². The second-order valence-corrected chi connectivity index (χ2v) is 10.1. The standard InChI is InChI=1S/C26H29ClN4O2/c27-20-8-11-23-19(13-20)14-22(32-16-17-4-5-17)15-24-29-30-26(31(23)24)18-6-9-21(10-7-18)33-25-3-1-2-12-28-25/h1-3,8,11-13,17-18,21-22H,4-7,9-10,14-16H2/t18-,21-,22?. The number of hydrogen-bond donors (Lipinski definition) is 0. The number of pyridine rings is 1. The van der Waals surface area contributed by atoms with E-state index in [1.54, 1.807) is 6.20 Å². The Balaban J connectivity index is 1.23. The summed E-state index contributed by atoms with van der Waals surface area (Å²) in [6.45, 7) is 0.849. The van der Waals surface area contributed by atoms with Gasteiger partial charge in [0.2, 0.25) is 5.88 Å². The number of hydrogen-bond acceptors (Lipinski definition) is 5. The number of aromatic nitrogens is 4. The predicted octanol–water partition coefficient (Wildman–Crippen LogP) is 5.31. The van der Waals surface area contributed by atoms with E-state index >= 15 is 0 Å². The van der Waals surface area contributed by atoms with E-state index in [9.17, 15) is 0 Å². The van der Waals surface area contributed by atoms with Crippen LogP contribution in [0, 0.1) is 5.92 Å². The van der Waals surface area contributed by atoms with Crippen molar-refractivity contribution in [1.82, 2.24) is 19.7 Å². The smallest absolute Gasteiger partial charge is 0.213 e. The molecule has 0 spiro atoms. The summed E-state index contributed by atoms with van der Waals surface area (Å²) in [4.78, 5) is 4.31. The molecule has 6 nitrogen and oxygen atoms in total. The SMILES string of the molecule is Clc1ccc2c(c1)CC(OCC1CC1)Cc1nnc([C@H]3CC[C@H](Oc4ccccn4)CC3)n1-2. The lowest BCUT2D eigenvalue weighted by Gasteiger charge is -2.28. The van der Waals surface area contributed by atoms with Crippen LogP contribution in [0.4, 0.5) is 0 Å². The second-order valence-electron chi connectivity index (χ2n) is 9.65. The van der Waals surface area contributed by atoms with Crippen molar-refractivity contribution < 1.29 is 9.47 Å². The first-order chi connectivity index (χ1) is 16.2. The average molecular weight is 465 g/mol. The van der Waals surface area contributed by atoms with E-state index < -0.39 is 0 Å². The monoisotopic (exact) mass is 464 g/mol. The largest absolute Gasteiger partial charge is 0.474 e. The fourth-order valence-corrected chi connectivity index (χ4v) is 5.34. The Kier molecular flexibility index (Phi) is 5.80. The molecule has 0 N–H and O–H groups in total. The molecule has 0 radical (unpaired) electrons. The van der Waals surface area contributed by atoms with Crippen molar-refractivity contribution in [3.05, 3.63) is 64.8 Å². The lowest BCUT2D eigenvalue weighted by atomic mass is 9.86. The fraction of sp³-hybridized carbons (Fsp3) is 0.500. The molecule has 2 fully saturated rings. The van der Waals surface area contributed by atoms with E-state index in [0.717, 1.165) is 73.4 Å². The zero-order valence-corrected chi connectivity index (χ0v) is 19.5. The Hall–Kier alpha value is -2.44. The maximum atomic E-state index is 6.39. The van der Waals surface area contributed by atoms with Crippen LogP contribution in [0.3, 0.4) is 0 Å². The van der Waals surface area contributed by atoms with Gasteiger partial charge in [-0.25, -0.2) is 4.98 Å². The van der Waals surface area contributed by atoms with Crippen molar-refractivity contribution in [1.29, 1.82) is 0 Å². The first-order valence-electron chi connectivity index (χ1n) is 12.1. The van der Waals surface area contributed by atoms with Gasteiger partial charge in [-0.15, -0.1) is 10.2 Å². The molecule has 0 bridgehead atoms. The molecule has 3 aliphatic rings. The predicted molar refractivity (Wildman–Crippen MR) is 126 cm³/mol. The summed E-state index contributed by atoms with van der Waals surface area (Å²) >= 11 is 6.39. The van der Waals surface area contributed by atoms with E-state index in [1.165, 1.54) is 18.4 Å². The van der Waals surface area contributed by atoms with Crippen molar-refractivity contribution in [3.8, 4) is 11.6 Å². The highest BCUT2D eigenvalue weighted by molar-refractivity contribution is 6.30. The van der Waals surface area contributed by atoms with Crippen LogP contribution in [0.25, 0.3) is 5.69 Å². The number of ether oxygens (including phenoxy) is 2. The summed E-state index contributed by atoms with van der Waals surface area (Å²) in [7, 11) is 0. The van der Waals surface area contributed by atoms with Gasteiger partial charge in [0.1, 0.15) is 17.8 Å². The van der Waals surface area contributed by atoms with Crippen molar-refractivity contribution in [3.63, 3.8) is 0 Å². The van der Waals surface area contributed by atoms with Crippen molar-refractivity contribution in [2.45, 2.75) is 69.5 Å². The number of nitrogens with zero attached hydrogens (tertiary/aromatic N) is 4. The van der Waals surface area contributed by atoms with Gasteiger partial charge in [-0.2, -0.15) is 0 Å². The Labute approximate surface area is 199 Å². The molecular weight excluding hydrogens is 436 g/mol. The molecule has 1 unspecified atom stereocenters. The Bertz CT molecular complexity index is 1110. The minimum absolute atomic E-state index is 0.114. The lowest BCUT2D eigenvalue weighted by Crippen LogP contribution is -2.25. The van der Waals surface area contributed by atoms with Crippen LogP contribution in [0.1, 0.15) is 61.7 Å². The number of fused-ring (bicyclic) bond motifs is 3. The molecule has 1 aromatic carbocycles. The highest BCUT2D eigenvalue weighted by atomic mass is 35.5. The Morgan fingerprint density at radius 2 is 1.82 bits per heavy atom. The number of halogens is 1. The zero-order chi connectivity index (χ0) is 22.2. The highest BCUT2D eigenvalue weighted by Gasteiger charge is 2.32. The number of rotatable bonds is 6. The molecule has 2 saturated carbocycles. The second kappa shape index (κ2) is 9.07. The molecule has 2 aliphatic carbocycles. The highest BCUT2D eigenvalue weighted by Crippen LogP contribution is 2.37. The van der Waals surface area contributed by atoms with Crippen LogP contribution < -0.4 is 4.74 Å². The van der Waals surface area contributed by atoms with E-state index in [4.69, 9.17) is 26.2 Å². The molecule has 172 valence electrons. The minimum atomic E-state index is 0.114. The normalized spacial score (nSPS) is 24.6. The van der Waals surface area contributed by atoms with Gasteiger partial charge in [0.15, 0.2) is 0 Å². The van der Waals surface area contributed by atoms with Crippen LogP contribution in [0.5, 0.6) is 5.88 Å². The van der Waals surface area contributed by atoms with E-state index in [2.05, 4.69) is 26.8 Å². The van der Waals surface area contributed by atoms with E-state index in [-0.39, 0.29) is 12.2 Å². The molecule has 33 heavy (non-hydrogen) atoms. The molecule has 7 heteroatoms. The minimum Gasteiger partial charge on any atom is -0.474 e. The van der Waals surface area contributed by atoms with Gasteiger partial charge in [0.05, 0.1) is 11.8 Å². The third-order valence-corrected chi connectivity index (χ3v) is 7.36. The summed E-state index contributed by atoms with van der Waals surface area (Å²) in [5.74, 6) is 3.87. The van der Waals surface area contributed by atoms with Gasteiger partial charge >= 0.3 is 0 Å². The van der Waals surface area contributed by atoms with Gasteiger partial charge < -0.3 is 9.47 Å². The maximum Gasteiger partial charge on any atom is 0.213 e. The topological polar surface area (TPSA) is 62.1 Å². The molecule has 1 aliphatic heterocycles. The molecule has 3 heterocycles. The van der Waals surface area contributed by atoms with Crippen molar-refractivity contribution >= 4 is 11.6 Å². The van der Waals surface area contributed by atoms with Gasteiger partial charge in [-0.3, -0.25) is 4.57 Å². The third-order valence-electron chi connectivity index (χ3n) is 7.12.